The van der Waals surface area contributed by atoms with E-state index in [1.165, 1.54) is 0 Å². The van der Waals surface area contributed by atoms with E-state index in [2.05, 4.69) is 5.32 Å². The molecule has 2 N–H and O–H groups in total. The molecule has 0 aliphatic carbocycles. The van der Waals surface area contributed by atoms with E-state index in [9.17, 15) is 9.59 Å². The van der Waals surface area contributed by atoms with Crippen molar-refractivity contribution in [1.29, 1.82) is 0 Å². The molecule has 1 aromatic rings. The van der Waals surface area contributed by atoms with Crippen molar-refractivity contribution in [1.82, 2.24) is 5.32 Å². The third-order valence-electron chi connectivity index (χ3n) is 3.55. The van der Waals surface area contributed by atoms with Crippen molar-refractivity contribution < 1.29 is 19.4 Å². The maximum Gasteiger partial charge on any atom is 0.304 e. The van der Waals surface area contributed by atoms with Crippen LogP contribution in [0.25, 0.3) is 0 Å². The zero-order valence-electron chi connectivity index (χ0n) is 12.0. The van der Waals surface area contributed by atoms with E-state index < -0.39 is 5.97 Å². The van der Waals surface area contributed by atoms with E-state index >= 15 is 0 Å². The predicted octanol–water partition coefficient (Wildman–Crippen LogP) is 0.828. The van der Waals surface area contributed by atoms with Crippen molar-refractivity contribution in [3.05, 3.63) is 29.8 Å². The van der Waals surface area contributed by atoms with Gasteiger partial charge in [0, 0.05) is 31.8 Å². The lowest BCUT2D eigenvalue weighted by molar-refractivity contribution is -0.137. The Morgan fingerprint density at radius 2 is 2.19 bits per heavy atom. The van der Waals surface area contributed by atoms with Gasteiger partial charge in [0.15, 0.2) is 0 Å². The second-order valence-corrected chi connectivity index (χ2v) is 5.03. The Bertz CT molecular complexity index is 518. The molecule has 114 valence electrons. The van der Waals surface area contributed by atoms with Crippen LogP contribution in [0.4, 0.5) is 5.69 Å². The molecule has 0 saturated carbocycles. The Morgan fingerprint density at radius 3 is 2.90 bits per heavy atom. The highest BCUT2D eigenvalue weighted by Crippen LogP contribution is 2.37. The number of anilines is 1. The molecule has 1 unspecified atom stereocenters. The Balaban J connectivity index is 2.04. The number of benzene rings is 1. The van der Waals surface area contributed by atoms with Crippen LogP contribution in [-0.2, 0) is 14.3 Å². The molecule has 21 heavy (non-hydrogen) atoms. The maximum atomic E-state index is 12.3. The van der Waals surface area contributed by atoms with Gasteiger partial charge in [0.25, 0.3) is 0 Å². The number of hydrogen-bond donors (Lipinski definition) is 2. The van der Waals surface area contributed by atoms with Gasteiger partial charge in [0.1, 0.15) is 0 Å². The summed E-state index contributed by atoms with van der Waals surface area (Å²) < 4.78 is 4.91. The smallest absolute Gasteiger partial charge is 0.304 e. The van der Waals surface area contributed by atoms with Crippen molar-refractivity contribution in [3.8, 4) is 0 Å². The Kier molecular flexibility index (Phi) is 5.30. The number of carboxylic acid groups (broad SMARTS) is 1. The first-order valence-corrected chi connectivity index (χ1v) is 6.94. The fourth-order valence-corrected chi connectivity index (χ4v) is 2.58. The Labute approximate surface area is 123 Å². The highest BCUT2D eigenvalue weighted by molar-refractivity contribution is 5.97. The van der Waals surface area contributed by atoms with Crippen LogP contribution in [0.2, 0.25) is 0 Å². The normalized spacial score (nSPS) is 16.8. The van der Waals surface area contributed by atoms with Crippen LogP contribution in [0, 0.1) is 0 Å². The van der Waals surface area contributed by atoms with Gasteiger partial charge >= 0.3 is 5.97 Å². The number of methoxy groups -OCH3 is 1. The number of nitrogens with zero attached hydrogens (tertiary/aromatic N) is 1. The summed E-state index contributed by atoms with van der Waals surface area (Å²) in [5, 5.41) is 12.0. The number of rotatable bonds is 7. The fraction of sp³-hybridized carbons (Fsp3) is 0.467. The predicted molar refractivity (Wildman–Crippen MR) is 78.5 cm³/mol. The van der Waals surface area contributed by atoms with Crippen LogP contribution in [-0.4, -0.2) is 50.3 Å². The topological polar surface area (TPSA) is 78.9 Å². The molecule has 1 aromatic carbocycles. The van der Waals surface area contributed by atoms with Gasteiger partial charge in [-0.15, -0.1) is 0 Å². The molecule has 0 radical (unpaired) electrons. The largest absolute Gasteiger partial charge is 0.481 e. The standard InChI is InChI=1S/C15H20N2O4/c1-21-7-6-16-9-14(18)17-10-11(8-15(19)20)12-4-2-3-5-13(12)17/h2-5,11,16H,6-10H2,1H3,(H,19,20). The van der Waals surface area contributed by atoms with Crippen molar-refractivity contribution in [2.24, 2.45) is 0 Å². The quantitative estimate of drug-likeness (QED) is 0.728. The highest BCUT2D eigenvalue weighted by Gasteiger charge is 2.32. The molecule has 2 rings (SSSR count). The summed E-state index contributed by atoms with van der Waals surface area (Å²) in [4.78, 5) is 24.9. The summed E-state index contributed by atoms with van der Waals surface area (Å²) in [5.74, 6) is -1.03. The highest BCUT2D eigenvalue weighted by atomic mass is 16.5. The molecule has 6 heteroatoms. The van der Waals surface area contributed by atoms with Gasteiger partial charge in [-0.1, -0.05) is 18.2 Å². The van der Waals surface area contributed by atoms with Crippen LogP contribution >= 0.6 is 0 Å². The van der Waals surface area contributed by atoms with Crippen molar-refractivity contribution in [2.45, 2.75) is 12.3 Å². The molecule has 1 aliphatic heterocycles. The second kappa shape index (κ2) is 7.19. The molecule has 0 saturated heterocycles. The number of ether oxygens (including phenoxy) is 1. The maximum absolute atomic E-state index is 12.3. The fourth-order valence-electron chi connectivity index (χ4n) is 2.58. The van der Waals surface area contributed by atoms with E-state index in [1.807, 2.05) is 24.3 Å². The van der Waals surface area contributed by atoms with Crippen LogP contribution in [0.1, 0.15) is 17.9 Å². The number of aliphatic carboxylic acids is 1. The molecule has 6 nitrogen and oxygen atoms in total. The van der Waals surface area contributed by atoms with Gasteiger partial charge in [0.2, 0.25) is 5.91 Å². The van der Waals surface area contributed by atoms with Gasteiger partial charge < -0.3 is 20.1 Å². The first-order chi connectivity index (χ1) is 10.1. The van der Waals surface area contributed by atoms with Crippen LogP contribution in [0.3, 0.4) is 0 Å². The summed E-state index contributed by atoms with van der Waals surface area (Å²) in [5.41, 5.74) is 1.76. The lowest BCUT2D eigenvalue weighted by atomic mass is 9.98. The SMILES string of the molecule is COCCNCC(=O)N1CC(CC(=O)O)c2ccccc21. The third kappa shape index (κ3) is 3.80. The minimum Gasteiger partial charge on any atom is -0.481 e. The number of fused-ring (bicyclic) bond motifs is 1. The van der Waals surface area contributed by atoms with E-state index in [4.69, 9.17) is 9.84 Å². The van der Waals surface area contributed by atoms with Crippen LogP contribution < -0.4 is 10.2 Å². The third-order valence-corrected chi connectivity index (χ3v) is 3.55. The van der Waals surface area contributed by atoms with E-state index in [0.717, 1.165) is 11.3 Å². The lowest BCUT2D eigenvalue weighted by Gasteiger charge is -2.18. The zero-order valence-corrected chi connectivity index (χ0v) is 12.0. The van der Waals surface area contributed by atoms with Gasteiger partial charge in [-0.25, -0.2) is 0 Å². The molecule has 1 amide bonds. The average Bonchev–Trinajstić information content (AvgIpc) is 2.82. The van der Waals surface area contributed by atoms with Crippen LogP contribution in [0.15, 0.2) is 24.3 Å². The molecule has 0 aromatic heterocycles. The first kappa shape index (κ1) is 15.5. The summed E-state index contributed by atoms with van der Waals surface area (Å²) in [6.07, 6.45) is 0.0396. The number of carbonyl (C=O) groups excluding carboxylic acids is 1. The van der Waals surface area contributed by atoms with E-state index in [-0.39, 0.29) is 24.8 Å². The van der Waals surface area contributed by atoms with Crippen molar-refractivity contribution in [2.75, 3.05) is 38.3 Å². The summed E-state index contributed by atoms with van der Waals surface area (Å²) in [6, 6.07) is 7.50. The molecule has 1 aliphatic rings. The minimum absolute atomic E-state index is 0.0396. The number of amides is 1. The molecule has 0 bridgehead atoms. The van der Waals surface area contributed by atoms with Crippen molar-refractivity contribution in [3.63, 3.8) is 0 Å². The van der Waals surface area contributed by atoms with Gasteiger partial charge in [0.05, 0.1) is 19.6 Å². The first-order valence-electron chi connectivity index (χ1n) is 6.94. The number of para-hydroxylation sites is 1. The van der Waals surface area contributed by atoms with Gasteiger partial charge in [-0.05, 0) is 11.6 Å². The summed E-state index contributed by atoms with van der Waals surface area (Å²) in [7, 11) is 1.61. The summed E-state index contributed by atoms with van der Waals surface area (Å²) in [6.45, 7) is 1.80. The monoisotopic (exact) mass is 292 g/mol. The average molecular weight is 292 g/mol. The molecule has 0 spiro atoms. The summed E-state index contributed by atoms with van der Waals surface area (Å²) >= 11 is 0. The van der Waals surface area contributed by atoms with E-state index in [0.29, 0.717) is 19.7 Å². The van der Waals surface area contributed by atoms with E-state index in [1.54, 1.807) is 12.0 Å². The van der Waals surface area contributed by atoms with Crippen LogP contribution in [0.5, 0.6) is 0 Å². The minimum atomic E-state index is -0.845. The number of nitrogens with one attached hydrogen (secondary N) is 1. The molecule has 1 atom stereocenters. The number of hydrogen-bond acceptors (Lipinski definition) is 4. The molecular formula is C15H20N2O4. The lowest BCUT2D eigenvalue weighted by Crippen LogP contribution is -2.38. The molecule has 1 heterocycles. The Morgan fingerprint density at radius 1 is 1.43 bits per heavy atom. The molecular weight excluding hydrogens is 272 g/mol. The zero-order chi connectivity index (χ0) is 15.2. The number of carboxylic acids is 1. The van der Waals surface area contributed by atoms with Crippen molar-refractivity contribution >= 4 is 17.6 Å². The van der Waals surface area contributed by atoms with Gasteiger partial charge in [-0.3, -0.25) is 9.59 Å². The number of carbonyl (C=O) groups is 2. The molecule has 0 fully saturated rings. The second-order valence-electron chi connectivity index (χ2n) is 5.03. The Hall–Kier alpha value is -1.92. The van der Waals surface area contributed by atoms with Gasteiger partial charge in [-0.2, -0.15) is 0 Å².